The lowest BCUT2D eigenvalue weighted by atomic mass is 10.2. The monoisotopic (exact) mass is 247 g/mol. The van der Waals surface area contributed by atoms with Crippen LogP contribution in [-0.2, 0) is 0 Å². The second kappa shape index (κ2) is 4.75. The number of hydrogen-bond donors (Lipinski definition) is 0. The summed E-state index contributed by atoms with van der Waals surface area (Å²) in [5, 5.41) is 9.23. The molecule has 2 aromatic heterocycles. The van der Waals surface area contributed by atoms with Crippen molar-refractivity contribution in [3.05, 3.63) is 60.2 Å². The van der Waals surface area contributed by atoms with Crippen LogP contribution in [0.5, 0.6) is 0 Å². The summed E-state index contributed by atoms with van der Waals surface area (Å²) in [5.74, 6) is 0.326. The van der Waals surface area contributed by atoms with E-state index in [-0.39, 0.29) is 0 Å². The molecule has 0 N–H and O–H groups in total. The zero-order chi connectivity index (χ0) is 13.1. The molecule has 19 heavy (non-hydrogen) atoms. The van der Waals surface area contributed by atoms with Gasteiger partial charge in [0.25, 0.3) is 0 Å². The molecule has 0 atom stereocenters. The Bertz CT molecular complexity index is 749. The molecule has 1 aromatic carbocycles. The van der Waals surface area contributed by atoms with E-state index in [0.29, 0.717) is 17.0 Å². The van der Waals surface area contributed by atoms with Gasteiger partial charge in [0, 0.05) is 12.4 Å². The molecule has 0 radical (unpaired) electrons. The van der Waals surface area contributed by atoms with Crippen LogP contribution in [0.3, 0.4) is 0 Å². The number of allylic oxidation sites excluding steroid dienone is 1. The number of aromatic nitrogens is 2. The van der Waals surface area contributed by atoms with Crippen molar-refractivity contribution < 1.29 is 4.42 Å². The molecule has 0 amide bonds. The Morgan fingerprint density at radius 1 is 1.21 bits per heavy atom. The van der Waals surface area contributed by atoms with Gasteiger partial charge in [-0.2, -0.15) is 5.26 Å². The minimum atomic E-state index is 0.326. The fraction of sp³-hybridized carbons (Fsp3) is 0. The van der Waals surface area contributed by atoms with Crippen LogP contribution in [0, 0.1) is 11.3 Å². The summed E-state index contributed by atoms with van der Waals surface area (Å²) in [6, 6.07) is 13.2. The SMILES string of the molecule is N#C/C(=C/c1cccnc1)c1nc2ccccc2o1. The fourth-order valence-electron chi connectivity index (χ4n) is 1.76. The average molecular weight is 247 g/mol. The number of para-hydroxylation sites is 2. The van der Waals surface area contributed by atoms with Crippen LogP contribution >= 0.6 is 0 Å². The first-order chi connectivity index (χ1) is 9.36. The van der Waals surface area contributed by atoms with Crippen molar-refractivity contribution in [2.75, 3.05) is 0 Å². The number of nitrogens with zero attached hydrogens (tertiary/aromatic N) is 3. The second-order valence-corrected chi connectivity index (χ2v) is 3.94. The molecule has 0 saturated heterocycles. The molecule has 2 heterocycles. The molecule has 0 aliphatic heterocycles. The summed E-state index contributed by atoms with van der Waals surface area (Å²) in [5.41, 5.74) is 2.63. The van der Waals surface area contributed by atoms with Crippen molar-refractivity contribution in [2.45, 2.75) is 0 Å². The third-order valence-electron chi connectivity index (χ3n) is 2.64. The summed E-state index contributed by atoms with van der Waals surface area (Å²) in [7, 11) is 0. The van der Waals surface area contributed by atoms with Crippen LogP contribution < -0.4 is 0 Å². The molecule has 0 saturated carbocycles. The van der Waals surface area contributed by atoms with Gasteiger partial charge in [-0.05, 0) is 29.8 Å². The van der Waals surface area contributed by atoms with E-state index in [2.05, 4.69) is 16.0 Å². The molecule has 0 fully saturated rings. The maximum Gasteiger partial charge on any atom is 0.238 e. The average Bonchev–Trinajstić information content (AvgIpc) is 2.89. The minimum absolute atomic E-state index is 0.326. The van der Waals surface area contributed by atoms with Crippen LogP contribution in [0.15, 0.2) is 53.2 Å². The number of rotatable bonds is 2. The van der Waals surface area contributed by atoms with Crippen molar-refractivity contribution in [2.24, 2.45) is 0 Å². The molecule has 4 nitrogen and oxygen atoms in total. The topological polar surface area (TPSA) is 62.7 Å². The van der Waals surface area contributed by atoms with E-state index < -0.39 is 0 Å². The van der Waals surface area contributed by atoms with Gasteiger partial charge in [0.2, 0.25) is 5.89 Å². The van der Waals surface area contributed by atoms with Gasteiger partial charge in [0.1, 0.15) is 17.2 Å². The zero-order valence-electron chi connectivity index (χ0n) is 9.95. The van der Waals surface area contributed by atoms with Crippen molar-refractivity contribution in [3.8, 4) is 6.07 Å². The molecule has 3 rings (SSSR count). The Labute approximate surface area is 109 Å². The largest absolute Gasteiger partial charge is 0.435 e. The van der Waals surface area contributed by atoms with Gasteiger partial charge in [-0.25, -0.2) is 4.98 Å². The van der Waals surface area contributed by atoms with Crippen molar-refractivity contribution in [1.82, 2.24) is 9.97 Å². The molecule has 0 aliphatic carbocycles. The quantitative estimate of drug-likeness (QED) is 0.652. The third-order valence-corrected chi connectivity index (χ3v) is 2.64. The van der Waals surface area contributed by atoms with E-state index in [1.165, 1.54) is 0 Å². The highest BCUT2D eigenvalue weighted by molar-refractivity contribution is 5.88. The predicted molar refractivity (Wildman–Crippen MR) is 71.7 cm³/mol. The lowest BCUT2D eigenvalue weighted by Gasteiger charge is -1.93. The number of pyridine rings is 1. The Hall–Kier alpha value is -2.93. The highest BCUT2D eigenvalue weighted by Gasteiger charge is 2.10. The summed E-state index contributed by atoms with van der Waals surface area (Å²) < 4.78 is 5.57. The Morgan fingerprint density at radius 2 is 2.11 bits per heavy atom. The first-order valence-corrected chi connectivity index (χ1v) is 5.74. The summed E-state index contributed by atoms with van der Waals surface area (Å²) >= 11 is 0. The van der Waals surface area contributed by atoms with Crippen LogP contribution in [-0.4, -0.2) is 9.97 Å². The molecule has 3 aromatic rings. The van der Waals surface area contributed by atoms with Gasteiger partial charge < -0.3 is 4.42 Å². The lowest BCUT2D eigenvalue weighted by molar-refractivity contribution is 0.586. The molecule has 0 unspecified atom stereocenters. The molecular weight excluding hydrogens is 238 g/mol. The minimum Gasteiger partial charge on any atom is -0.435 e. The second-order valence-electron chi connectivity index (χ2n) is 3.94. The van der Waals surface area contributed by atoms with Gasteiger partial charge in [-0.15, -0.1) is 0 Å². The van der Waals surface area contributed by atoms with Crippen molar-refractivity contribution in [1.29, 1.82) is 5.26 Å². The van der Waals surface area contributed by atoms with E-state index in [9.17, 15) is 5.26 Å². The van der Waals surface area contributed by atoms with Gasteiger partial charge in [-0.1, -0.05) is 18.2 Å². The Morgan fingerprint density at radius 3 is 2.84 bits per heavy atom. The smallest absolute Gasteiger partial charge is 0.238 e. The van der Waals surface area contributed by atoms with E-state index in [1.807, 2.05) is 36.4 Å². The molecule has 0 aliphatic rings. The highest BCUT2D eigenvalue weighted by atomic mass is 16.3. The van der Waals surface area contributed by atoms with Crippen molar-refractivity contribution >= 4 is 22.7 Å². The predicted octanol–water partition coefficient (Wildman–Crippen LogP) is 3.29. The molecule has 0 spiro atoms. The first-order valence-electron chi connectivity index (χ1n) is 5.74. The normalized spacial score (nSPS) is 11.4. The number of benzene rings is 1. The molecular formula is C15H9N3O. The lowest BCUT2D eigenvalue weighted by Crippen LogP contribution is -1.82. The maximum atomic E-state index is 9.23. The van der Waals surface area contributed by atoms with E-state index >= 15 is 0 Å². The number of fused-ring (bicyclic) bond motifs is 1. The van der Waals surface area contributed by atoms with Crippen LogP contribution in [0.25, 0.3) is 22.7 Å². The van der Waals surface area contributed by atoms with Crippen LogP contribution in [0.1, 0.15) is 11.5 Å². The number of oxazole rings is 1. The first kappa shape index (κ1) is 11.2. The van der Waals surface area contributed by atoms with Gasteiger partial charge in [-0.3, -0.25) is 4.98 Å². The number of nitriles is 1. The standard InChI is InChI=1S/C15H9N3O/c16-9-12(8-11-4-3-7-17-10-11)15-18-13-5-1-2-6-14(13)19-15/h1-8,10H/b12-8-. The molecule has 0 bridgehead atoms. The third kappa shape index (κ3) is 2.22. The van der Waals surface area contributed by atoms with Crippen molar-refractivity contribution in [3.63, 3.8) is 0 Å². The Kier molecular flexibility index (Phi) is 2.79. The van der Waals surface area contributed by atoms with E-state index in [4.69, 9.17) is 4.42 Å². The van der Waals surface area contributed by atoms with Gasteiger partial charge in [0.05, 0.1) is 0 Å². The Balaban J connectivity index is 2.08. The van der Waals surface area contributed by atoms with Gasteiger partial charge in [0.15, 0.2) is 5.58 Å². The van der Waals surface area contributed by atoms with E-state index in [0.717, 1.165) is 11.1 Å². The molecule has 90 valence electrons. The van der Waals surface area contributed by atoms with Gasteiger partial charge >= 0.3 is 0 Å². The summed E-state index contributed by atoms with van der Waals surface area (Å²) in [4.78, 5) is 8.31. The zero-order valence-corrected chi connectivity index (χ0v) is 9.95. The van der Waals surface area contributed by atoms with Crippen LogP contribution in [0.4, 0.5) is 0 Å². The highest BCUT2D eigenvalue weighted by Crippen LogP contribution is 2.21. The van der Waals surface area contributed by atoms with Crippen LogP contribution in [0.2, 0.25) is 0 Å². The maximum absolute atomic E-state index is 9.23. The summed E-state index contributed by atoms with van der Waals surface area (Å²) in [6.45, 7) is 0. The molecule has 4 heteroatoms. The van der Waals surface area contributed by atoms with E-state index in [1.54, 1.807) is 18.5 Å². The fourth-order valence-corrected chi connectivity index (χ4v) is 1.76. The summed E-state index contributed by atoms with van der Waals surface area (Å²) in [6.07, 6.45) is 5.07. The number of hydrogen-bond acceptors (Lipinski definition) is 4.